The van der Waals surface area contributed by atoms with Crippen molar-refractivity contribution in [3.05, 3.63) is 105 Å². The van der Waals surface area contributed by atoms with Crippen LogP contribution in [0.3, 0.4) is 0 Å². The molecular weight excluding hydrogens is 376 g/mol. The van der Waals surface area contributed by atoms with Crippen LogP contribution in [0.2, 0.25) is 0 Å². The quantitative estimate of drug-likeness (QED) is 0.541. The van der Waals surface area contributed by atoms with Gasteiger partial charge < -0.3 is 9.47 Å². The van der Waals surface area contributed by atoms with E-state index in [2.05, 4.69) is 12.1 Å². The maximum absolute atomic E-state index is 12.9. The highest BCUT2D eigenvalue weighted by molar-refractivity contribution is 6.06. The van der Waals surface area contributed by atoms with Crippen LogP contribution < -0.4 is 0 Å². The van der Waals surface area contributed by atoms with E-state index in [9.17, 15) is 9.59 Å². The molecule has 0 atom stereocenters. The Morgan fingerprint density at radius 2 is 1.07 bits per heavy atom. The molecule has 4 nitrogen and oxygen atoms in total. The number of esters is 2. The number of carbonyl (C=O) groups excluding carboxylic acids is 2. The first-order valence-corrected chi connectivity index (χ1v) is 9.87. The van der Waals surface area contributed by atoms with Crippen molar-refractivity contribution in [2.24, 2.45) is 0 Å². The van der Waals surface area contributed by atoms with Crippen molar-refractivity contribution in [3.8, 4) is 0 Å². The first-order chi connectivity index (χ1) is 14.5. The van der Waals surface area contributed by atoms with Crippen LogP contribution in [-0.2, 0) is 22.3 Å². The molecule has 0 saturated carbocycles. The van der Waals surface area contributed by atoms with Crippen molar-refractivity contribution in [3.63, 3.8) is 0 Å². The van der Waals surface area contributed by atoms with Gasteiger partial charge in [0.05, 0.1) is 25.3 Å². The smallest absolute Gasteiger partial charge is 0.339 e. The number of carbonyl (C=O) groups is 2. The van der Waals surface area contributed by atoms with Crippen LogP contribution in [0.1, 0.15) is 54.1 Å². The third-order valence-corrected chi connectivity index (χ3v) is 5.53. The topological polar surface area (TPSA) is 52.6 Å². The molecule has 0 aliphatic heterocycles. The average molecular weight is 402 g/mol. The molecule has 0 radical (unpaired) electrons. The molecule has 154 valence electrons. The molecular formula is C26H26O4. The molecule has 0 aliphatic rings. The maximum atomic E-state index is 12.9. The molecule has 0 saturated heterocycles. The van der Waals surface area contributed by atoms with Gasteiger partial charge in [0, 0.05) is 0 Å². The summed E-state index contributed by atoms with van der Waals surface area (Å²) in [5, 5.41) is 0. The van der Waals surface area contributed by atoms with E-state index < -0.39 is 11.9 Å². The lowest BCUT2D eigenvalue weighted by Gasteiger charge is -2.22. The SMILES string of the molecule is COC(=O)c1c(C)c(C)c(Cc2ccccc2)c(Cc2ccccc2)c1C(=O)OC. The zero-order valence-corrected chi connectivity index (χ0v) is 17.8. The number of rotatable bonds is 6. The van der Waals surface area contributed by atoms with Crippen LogP contribution in [0.5, 0.6) is 0 Å². The summed E-state index contributed by atoms with van der Waals surface area (Å²) in [4.78, 5) is 25.6. The Morgan fingerprint density at radius 1 is 0.633 bits per heavy atom. The molecule has 3 aromatic carbocycles. The van der Waals surface area contributed by atoms with E-state index in [1.807, 2.05) is 62.4 Å². The van der Waals surface area contributed by atoms with E-state index in [1.165, 1.54) is 14.2 Å². The molecule has 3 rings (SSSR count). The fourth-order valence-corrected chi connectivity index (χ4v) is 3.85. The van der Waals surface area contributed by atoms with Gasteiger partial charge in [0.2, 0.25) is 0 Å². The summed E-state index contributed by atoms with van der Waals surface area (Å²) >= 11 is 0. The van der Waals surface area contributed by atoms with Gasteiger partial charge in [-0.25, -0.2) is 9.59 Å². The zero-order valence-electron chi connectivity index (χ0n) is 17.8. The first-order valence-electron chi connectivity index (χ1n) is 9.87. The van der Waals surface area contributed by atoms with Gasteiger partial charge in [0.25, 0.3) is 0 Å². The lowest BCUT2D eigenvalue weighted by atomic mass is 9.82. The van der Waals surface area contributed by atoms with Crippen LogP contribution in [0.15, 0.2) is 60.7 Å². The highest BCUT2D eigenvalue weighted by atomic mass is 16.5. The molecule has 0 aliphatic carbocycles. The van der Waals surface area contributed by atoms with E-state index >= 15 is 0 Å². The maximum Gasteiger partial charge on any atom is 0.339 e. The lowest BCUT2D eigenvalue weighted by Crippen LogP contribution is -2.20. The summed E-state index contributed by atoms with van der Waals surface area (Å²) in [5.41, 5.74) is 6.33. The highest BCUT2D eigenvalue weighted by Gasteiger charge is 2.29. The second kappa shape index (κ2) is 9.40. The Morgan fingerprint density at radius 3 is 1.53 bits per heavy atom. The van der Waals surface area contributed by atoms with Crippen molar-refractivity contribution in [2.45, 2.75) is 26.7 Å². The second-order valence-corrected chi connectivity index (χ2v) is 7.27. The third-order valence-electron chi connectivity index (χ3n) is 5.53. The number of hydrogen-bond acceptors (Lipinski definition) is 4. The Hall–Kier alpha value is -3.40. The fourth-order valence-electron chi connectivity index (χ4n) is 3.85. The molecule has 0 aromatic heterocycles. The normalized spacial score (nSPS) is 10.5. The summed E-state index contributed by atoms with van der Waals surface area (Å²) < 4.78 is 10.1. The Bertz CT molecular complexity index is 1050. The molecule has 30 heavy (non-hydrogen) atoms. The summed E-state index contributed by atoms with van der Waals surface area (Å²) in [6.45, 7) is 3.85. The van der Waals surface area contributed by atoms with Gasteiger partial charge in [-0.15, -0.1) is 0 Å². The first kappa shape index (κ1) is 21.3. The fraction of sp³-hybridized carbons (Fsp3) is 0.231. The van der Waals surface area contributed by atoms with Gasteiger partial charge in [-0.2, -0.15) is 0 Å². The van der Waals surface area contributed by atoms with E-state index in [0.717, 1.165) is 33.4 Å². The molecule has 0 bridgehead atoms. The molecule has 0 amide bonds. The monoisotopic (exact) mass is 402 g/mol. The van der Waals surface area contributed by atoms with E-state index in [-0.39, 0.29) is 5.56 Å². The molecule has 0 unspecified atom stereocenters. The minimum Gasteiger partial charge on any atom is -0.465 e. The van der Waals surface area contributed by atoms with Crippen molar-refractivity contribution < 1.29 is 19.1 Å². The van der Waals surface area contributed by atoms with Gasteiger partial charge in [-0.1, -0.05) is 60.7 Å². The Balaban J connectivity index is 2.32. The van der Waals surface area contributed by atoms with Gasteiger partial charge in [-0.05, 0) is 60.1 Å². The molecule has 3 aromatic rings. The molecule has 0 spiro atoms. The number of methoxy groups -OCH3 is 2. The van der Waals surface area contributed by atoms with Gasteiger partial charge >= 0.3 is 11.9 Å². The summed E-state index contributed by atoms with van der Waals surface area (Å²) in [6, 6.07) is 20.0. The standard InChI is InChI=1S/C26H26O4/c1-17-18(2)23(25(27)29-3)24(26(28)30-4)22(16-20-13-9-6-10-14-20)21(17)15-19-11-7-5-8-12-19/h5-14H,15-16H2,1-4H3. The zero-order chi connectivity index (χ0) is 21.7. The van der Waals surface area contributed by atoms with Gasteiger partial charge in [0.15, 0.2) is 0 Å². The van der Waals surface area contributed by atoms with E-state index in [1.54, 1.807) is 0 Å². The van der Waals surface area contributed by atoms with Gasteiger partial charge in [0.1, 0.15) is 0 Å². The van der Waals surface area contributed by atoms with Crippen LogP contribution in [0.25, 0.3) is 0 Å². The minimum atomic E-state index is -0.531. The number of benzene rings is 3. The van der Waals surface area contributed by atoms with Crippen molar-refractivity contribution in [1.29, 1.82) is 0 Å². The molecule has 0 N–H and O–H groups in total. The van der Waals surface area contributed by atoms with Crippen LogP contribution in [-0.4, -0.2) is 26.2 Å². The second-order valence-electron chi connectivity index (χ2n) is 7.27. The lowest BCUT2D eigenvalue weighted by molar-refractivity contribution is 0.0553. The number of ether oxygens (including phenoxy) is 2. The van der Waals surface area contributed by atoms with Crippen LogP contribution >= 0.6 is 0 Å². The Labute approximate surface area is 177 Å². The van der Waals surface area contributed by atoms with Crippen molar-refractivity contribution in [2.75, 3.05) is 14.2 Å². The molecule has 0 fully saturated rings. The Kier molecular flexibility index (Phi) is 6.68. The summed E-state index contributed by atoms with van der Waals surface area (Å²) in [5.74, 6) is -1.06. The average Bonchev–Trinajstić information content (AvgIpc) is 2.78. The molecule has 4 heteroatoms. The predicted molar refractivity (Wildman–Crippen MR) is 117 cm³/mol. The molecule has 0 heterocycles. The van der Waals surface area contributed by atoms with Crippen LogP contribution in [0, 0.1) is 13.8 Å². The minimum absolute atomic E-state index is 0.282. The van der Waals surface area contributed by atoms with Crippen molar-refractivity contribution >= 4 is 11.9 Å². The van der Waals surface area contributed by atoms with Gasteiger partial charge in [-0.3, -0.25) is 0 Å². The van der Waals surface area contributed by atoms with Crippen molar-refractivity contribution in [1.82, 2.24) is 0 Å². The summed E-state index contributed by atoms with van der Waals surface area (Å²) in [7, 11) is 2.66. The summed E-state index contributed by atoms with van der Waals surface area (Å²) in [6.07, 6.45) is 1.17. The van der Waals surface area contributed by atoms with E-state index in [4.69, 9.17) is 9.47 Å². The predicted octanol–water partition coefficient (Wildman–Crippen LogP) is 5.06. The largest absolute Gasteiger partial charge is 0.465 e. The van der Waals surface area contributed by atoms with Crippen LogP contribution in [0.4, 0.5) is 0 Å². The third kappa shape index (κ3) is 4.28. The highest BCUT2D eigenvalue weighted by Crippen LogP contribution is 2.32. The van der Waals surface area contributed by atoms with E-state index in [0.29, 0.717) is 18.4 Å². The number of hydrogen-bond donors (Lipinski definition) is 0.